The molecule has 0 aliphatic carbocycles. The molecular weight excluding hydrogens is 210 g/mol. The first-order valence-corrected chi connectivity index (χ1v) is 6.78. The Bertz CT molecular complexity index is 281. The average Bonchev–Trinajstić information content (AvgIpc) is 2.36. The predicted octanol–water partition coefficient (Wildman–Crippen LogP) is 3.54. The molecule has 1 rings (SSSR count). The Labute approximate surface area is 105 Å². The van der Waals surface area contributed by atoms with Crippen LogP contribution in [0.2, 0.25) is 0 Å². The highest BCUT2D eigenvalue weighted by Crippen LogP contribution is 2.14. The van der Waals surface area contributed by atoms with E-state index in [1.165, 1.54) is 24.8 Å². The van der Waals surface area contributed by atoms with E-state index in [2.05, 4.69) is 31.2 Å². The summed E-state index contributed by atoms with van der Waals surface area (Å²) in [6.45, 7) is 3.82. The first-order valence-electron chi connectivity index (χ1n) is 6.78. The van der Waals surface area contributed by atoms with Gasteiger partial charge in [-0.25, -0.2) is 0 Å². The van der Waals surface area contributed by atoms with Crippen LogP contribution in [0.1, 0.15) is 44.6 Å². The van der Waals surface area contributed by atoms with Gasteiger partial charge in [-0.1, -0.05) is 38.3 Å². The third-order valence-electron chi connectivity index (χ3n) is 2.83. The zero-order valence-corrected chi connectivity index (χ0v) is 11.0. The predicted molar refractivity (Wildman–Crippen MR) is 73.5 cm³/mol. The van der Waals surface area contributed by atoms with Crippen molar-refractivity contribution in [1.82, 2.24) is 0 Å². The molecule has 1 aromatic rings. The van der Waals surface area contributed by atoms with Crippen molar-refractivity contribution in [2.24, 2.45) is 5.73 Å². The number of aryl methyl sites for hydroxylation is 1. The first kappa shape index (κ1) is 14.0. The maximum Gasteiger partial charge on any atom is 0.119 e. The van der Waals surface area contributed by atoms with Crippen LogP contribution in [0.4, 0.5) is 0 Å². The molecule has 96 valence electrons. The van der Waals surface area contributed by atoms with Crippen LogP contribution in [0.3, 0.4) is 0 Å². The molecule has 2 nitrogen and oxygen atoms in total. The maximum atomic E-state index is 5.69. The lowest BCUT2D eigenvalue weighted by Gasteiger charge is -2.06. The molecule has 17 heavy (non-hydrogen) atoms. The van der Waals surface area contributed by atoms with Crippen LogP contribution in [0.15, 0.2) is 24.3 Å². The Balaban J connectivity index is 2.14. The van der Waals surface area contributed by atoms with Gasteiger partial charge < -0.3 is 10.5 Å². The summed E-state index contributed by atoms with van der Waals surface area (Å²) in [5, 5.41) is 0. The average molecular weight is 235 g/mol. The second-order valence-electron chi connectivity index (χ2n) is 4.45. The lowest BCUT2D eigenvalue weighted by Crippen LogP contribution is -2.00. The van der Waals surface area contributed by atoms with Gasteiger partial charge in [-0.15, -0.1) is 0 Å². The van der Waals surface area contributed by atoms with E-state index < -0.39 is 0 Å². The number of hydrogen-bond donors (Lipinski definition) is 1. The van der Waals surface area contributed by atoms with E-state index in [0.29, 0.717) is 0 Å². The van der Waals surface area contributed by atoms with Crippen LogP contribution >= 0.6 is 0 Å². The summed E-state index contributed by atoms with van der Waals surface area (Å²) in [5.74, 6) is 0.990. The van der Waals surface area contributed by atoms with Gasteiger partial charge in [-0.2, -0.15) is 0 Å². The quantitative estimate of drug-likeness (QED) is 0.664. The molecule has 0 aliphatic heterocycles. The molecule has 1 aromatic carbocycles. The van der Waals surface area contributed by atoms with Gasteiger partial charge in [0.2, 0.25) is 0 Å². The minimum absolute atomic E-state index is 0.805. The van der Waals surface area contributed by atoms with Crippen molar-refractivity contribution in [2.75, 3.05) is 13.2 Å². The molecule has 2 heteroatoms. The minimum Gasteiger partial charge on any atom is -0.494 e. The van der Waals surface area contributed by atoms with Gasteiger partial charge >= 0.3 is 0 Å². The van der Waals surface area contributed by atoms with Crippen molar-refractivity contribution >= 4 is 0 Å². The monoisotopic (exact) mass is 235 g/mol. The number of nitrogens with two attached hydrogens (primary N) is 1. The summed E-state index contributed by atoms with van der Waals surface area (Å²) in [4.78, 5) is 0. The molecule has 0 atom stereocenters. The molecule has 0 heterocycles. The van der Waals surface area contributed by atoms with E-state index in [1.54, 1.807) is 0 Å². The number of ether oxygens (including phenoxy) is 1. The van der Waals surface area contributed by atoms with Crippen LogP contribution in [-0.4, -0.2) is 13.2 Å². The van der Waals surface area contributed by atoms with E-state index in [9.17, 15) is 0 Å². The Morgan fingerprint density at radius 1 is 1.00 bits per heavy atom. The Morgan fingerprint density at radius 2 is 1.71 bits per heavy atom. The zero-order chi connectivity index (χ0) is 12.3. The van der Waals surface area contributed by atoms with Crippen molar-refractivity contribution in [1.29, 1.82) is 0 Å². The summed E-state index contributed by atoms with van der Waals surface area (Å²) in [6, 6.07) is 8.47. The van der Waals surface area contributed by atoms with Gasteiger partial charge in [0.15, 0.2) is 0 Å². The van der Waals surface area contributed by atoms with Gasteiger partial charge in [0.1, 0.15) is 5.75 Å². The van der Waals surface area contributed by atoms with Crippen LogP contribution in [0, 0.1) is 0 Å². The SMILES string of the molecule is CCCc1ccc(OCCCCCCN)cc1. The standard InChI is InChI=1S/C15H25NO/c1-2-7-14-8-10-15(11-9-14)17-13-6-4-3-5-12-16/h8-11H,2-7,12-13,16H2,1H3. The lowest BCUT2D eigenvalue weighted by molar-refractivity contribution is 0.305. The molecule has 0 amide bonds. The third kappa shape index (κ3) is 6.32. The largest absolute Gasteiger partial charge is 0.494 e. The van der Waals surface area contributed by atoms with Crippen LogP contribution in [0.5, 0.6) is 5.75 Å². The maximum absolute atomic E-state index is 5.69. The number of hydrogen-bond acceptors (Lipinski definition) is 2. The highest BCUT2D eigenvalue weighted by Gasteiger charge is 1.95. The fraction of sp³-hybridized carbons (Fsp3) is 0.600. The van der Waals surface area contributed by atoms with E-state index in [0.717, 1.165) is 38.2 Å². The molecule has 0 aliphatic rings. The van der Waals surface area contributed by atoms with Gasteiger partial charge in [0, 0.05) is 0 Å². The summed E-state index contributed by atoms with van der Waals surface area (Å²) >= 11 is 0. The molecule has 0 fully saturated rings. The smallest absolute Gasteiger partial charge is 0.119 e. The van der Waals surface area contributed by atoms with E-state index in [4.69, 9.17) is 10.5 Å². The van der Waals surface area contributed by atoms with Crippen molar-refractivity contribution in [3.8, 4) is 5.75 Å². The molecule has 2 N–H and O–H groups in total. The third-order valence-corrected chi connectivity index (χ3v) is 2.83. The van der Waals surface area contributed by atoms with E-state index >= 15 is 0 Å². The number of rotatable bonds is 9. The normalized spacial score (nSPS) is 10.5. The second kappa shape index (κ2) is 9.06. The van der Waals surface area contributed by atoms with Crippen molar-refractivity contribution in [2.45, 2.75) is 45.4 Å². The van der Waals surface area contributed by atoms with Gasteiger partial charge in [0.25, 0.3) is 0 Å². The van der Waals surface area contributed by atoms with Crippen molar-refractivity contribution in [3.05, 3.63) is 29.8 Å². The van der Waals surface area contributed by atoms with Crippen LogP contribution < -0.4 is 10.5 Å². The molecule has 0 aromatic heterocycles. The topological polar surface area (TPSA) is 35.2 Å². The fourth-order valence-corrected chi connectivity index (χ4v) is 1.83. The van der Waals surface area contributed by atoms with Crippen molar-refractivity contribution in [3.63, 3.8) is 0 Å². The molecule has 0 radical (unpaired) electrons. The molecular formula is C15H25NO. The summed E-state index contributed by atoms with van der Waals surface area (Å²) < 4.78 is 5.69. The molecule has 0 bridgehead atoms. The number of benzene rings is 1. The van der Waals surface area contributed by atoms with Gasteiger partial charge in [-0.05, 0) is 43.5 Å². The van der Waals surface area contributed by atoms with Crippen LogP contribution in [-0.2, 0) is 6.42 Å². The van der Waals surface area contributed by atoms with Gasteiger partial charge in [-0.3, -0.25) is 0 Å². The molecule has 0 saturated carbocycles. The Morgan fingerprint density at radius 3 is 2.35 bits per heavy atom. The van der Waals surface area contributed by atoms with Crippen LogP contribution in [0.25, 0.3) is 0 Å². The number of unbranched alkanes of at least 4 members (excludes halogenated alkanes) is 3. The molecule has 0 spiro atoms. The minimum atomic E-state index is 0.805. The lowest BCUT2D eigenvalue weighted by atomic mass is 10.1. The van der Waals surface area contributed by atoms with E-state index in [-0.39, 0.29) is 0 Å². The van der Waals surface area contributed by atoms with Crippen molar-refractivity contribution < 1.29 is 4.74 Å². The fourth-order valence-electron chi connectivity index (χ4n) is 1.83. The summed E-state index contributed by atoms with van der Waals surface area (Å²) in [5.41, 5.74) is 6.83. The first-order chi connectivity index (χ1) is 8.36. The highest BCUT2D eigenvalue weighted by molar-refractivity contribution is 5.27. The summed E-state index contributed by atoms with van der Waals surface area (Å²) in [7, 11) is 0. The highest BCUT2D eigenvalue weighted by atomic mass is 16.5. The Hall–Kier alpha value is -1.02. The second-order valence-corrected chi connectivity index (χ2v) is 4.45. The van der Waals surface area contributed by atoms with E-state index in [1.807, 2.05) is 0 Å². The Kier molecular flexibility index (Phi) is 7.48. The summed E-state index contributed by atoms with van der Waals surface area (Å²) in [6.07, 6.45) is 7.03. The zero-order valence-electron chi connectivity index (χ0n) is 11.0. The van der Waals surface area contributed by atoms with Gasteiger partial charge in [0.05, 0.1) is 6.61 Å². The molecule has 0 unspecified atom stereocenters. The molecule has 0 saturated heterocycles.